The molecule has 0 spiro atoms. The Morgan fingerprint density at radius 1 is 0.286 bits per heavy atom. The Morgan fingerprint density at radius 3 is 0.429 bits per heavy atom. The Hall–Kier alpha value is 3.55. The molecule has 0 aromatic heterocycles. The number of halogens is 7. The summed E-state index contributed by atoms with van der Waals surface area (Å²) < 4.78 is 0. The van der Waals surface area contributed by atoms with Crippen molar-refractivity contribution in [3.05, 3.63) is 0 Å². The number of rotatable bonds is 0. The second-order valence-corrected chi connectivity index (χ2v) is 84.0. The summed E-state index contributed by atoms with van der Waals surface area (Å²) in [4.78, 5) is 0. The van der Waals surface area contributed by atoms with Crippen molar-refractivity contribution in [1.82, 2.24) is 0 Å². The fourth-order valence-corrected chi connectivity index (χ4v) is 299. The van der Waals surface area contributed by atoms with E-state index >= 15 is 0 Å². The zero-order valence-electron chi connectivity index (χ0n) is 6.69. The maximum Gasteiger partial charge on any atom is 0.149 e. The molecule has 0 aromatic carbocycles. The zero-order valence-corrected chi connectivity index (χ0v) is 20.1. The fourth-order valence-electron chi connectivity index (χ4n) is 1.23. The van der Waals surface area contributed by atoms with Crippen molar-refractivity contribution in [3.8, 4) is 0 Å². The third-order valence-corrected chi connectivity index (χ3v) is 172. The van der Waals surface area contributed by atoms with E-state index in [-0.39, 0.29) is 0 Å². The molecule has 1 heterocycles. The predicted molar refractivity (Wildman–Crippen MR) is 91.0 cm³/mol. The highest BCUT2D eigenvalue weighted by Crippen LogP contribution is 2.27. The number of hydrogen-bond donors (Lipinski definition) is 0. The van der Waals surface area contributed by atoms with Crippen LogP contribution in [0.4, 0.5) is 0 Å². The highest BCUT2D eigenvalue weighted by Gasteiger charge is 2.53. The maximum absolute atomic E-state index is 6.37. The van der Waals surface area contributed by atoms with Gasteiger partial charge in [0.25, 0.3) is 0 Å². The van der Waals surface area contributed by atoms with Crippen molar-refractivity contribution in [2.24, 2.45) is 0 Å². The van der Waals surface area contributed by atoms with Crippen LogP contribution in [0.1, 0.15) is 0 Å². The summed E-state index contributed by atoms with van der Waals surface area (Å²) in [5.74, 6) is 0. The standard InChI is InChI=1S/Cl7H7Si7/c1-8-9(2)11(4)13(6)14(7)12(5)10(8)3/h8-14H. The van der Waals surface area contributed by atoms with Gasteiger partial charge in [0.15, 0.2) is 0 Å². The molecular weight excluding hydrogens is 445 g/mol. The Kier molecular flexibility index (Phi) is 7.40. The van der Waals surface area contributed by atoms with E-state index in [0.717, 1.165) is 0 Å². The van der Waals surface area contributed by atoms with Crippen LogP contribution in [-0.4, -0.2) is 50.0 Å². The molecule has 0 nitrogen and oxygen atoms in total. The van der Waals surface area contributed by atoms with Crippen LogP contribution in [0.15, 0.2) is 0 Å². The van der Waals surface area contributed by atoms with Crippen molar-refractivity contribution < 1.29 is 0 Å². The highest BCUT2D eigenvalue weighted by atomic mass is 35.6. The van der Waals surface area contributed by atoms with E-state index in [0.29, 0.717) is 0 Å². The minimum Gasteiger partial charge on any atom is -0.177 e. The Balaban J connectivity index is 2.92. The van der Waals surface area contributed by atoms with Crippen molar-refractivity contribution >= 4 is 128 Å². The van der Waals surface area contributed by atoms with Gasteiger partial charge in [-0.15, -0.1) is 0 Å². The van der Waals surface area contributed by atoms with E-state index in [1.165, 1.54) is 0 Å². The molecule has 14 heteroatoms. The zero-order chi connectivity index (χ0) is 11.0. The highest BCUT2D eigenvalue weighted by molar-refractivity contribution is 8.19. The van der Waals surface area contributed by atoms with Crippen LogP contribution in [0.25, 0.3) is 0 Å². The van der Waals surface area contributed by atoms with Crippen LogP contribution in [0.5, 0.6) is 0 Å². The largest absolute Gasteiger partial charge is 0.177 e. The third-order valence-electron chi connectivity index (χ3n) is 2.13. The summed E-state index contributed by atoms with van der Waals surface area (Å²) in [5.41, 5.74) is 0. The van der Waals surface area contributed by atoms with E-state index in [4.69, 9.17) is 77.6 Å². The third kappa shape index (κ3) is 3.31. The maximum atomic E-state index is 6.37. The lowest BCUT2D eigenvalue weighted by Crippen LogP contribution is -2.50. The molecule has 0 amide bonds. The van der Waals surface area contributed by atoms with Crippen LogP contribution < -0.4 is 0 Å². The van der Waals surface area contributed by atoms with Crippen molar-refractivity contribution in [2.75, 3.05) is 0 Å². The second-order valence-electron chi connectivity index (χ2n) is 3.11. The van der Waals surface area contributed by atoms with Gasteiger partial charge in [-0.1, -0.05) is 0 Å². The van der Waals surface area contributed by atoms with Gasteiger partial charge in [-0.25, -0.2) is 0 Å². The first kappa shape index (κ1) is 15.6. The lowest BCUT2D eigenvalue weighted by Gasteiger charge is -2.16. The average molecular weight is 452 g/mol. The first-order chi connectivity index (χ1) is 6.37. The summed E-state index contributed by atoms with van der Waals surface area (Å²) in [6, 6.07) is 0. The Morgan fingerprint density at radius 2 is 0.357 bits per heavy atom. The second kappa shape index (κ2) is 6.64. The Labute approximate surface area is 126 Å². The SMILES string of the molecule is Cl[SiH]1[SiH](Cl)[SiH](Cl)[SiH](Cl)[SiH](Cl)[SiH](Cl)[SiH]1Cl. The van der Waals surface area contributed by atoms with Crippen LogP contribution in [0.2, 0.25) is 0 Å². The quantitative estimate of drug-likeness (QED) is 0.367. The summed E-state index contributed by atoms with van der Waals surface area (Å²) in [7, 11) is -10.4. The topological polar surface area (TPSA) is 0 Å². The van der Waals surface area contributed by atoms with E-state index in [1.54, 1.807) is 0 Å². The molecule has 1 saturated heterocycles. The molecule has 14 heavy (non-hydrogen) atoms. The summed E-state index contributed by atoms with van der Waals surface area (Å²) in [5, 5.41) is 0. The minimum atomic E-state index is -1.48. The van der Waals surface area contributed by atoms with Gasteiger partial charge < -0.3 is 0 Å². The van der Waals surface area contributed by atoms with Crippen LogP contribution >= 0.6 is 77.6 Å². The molecule has 1 aliphatic rings. The minimum absolute atomic E-state index is 1.48. The van der Waals surface area contributed by atoms with Crippen LogP contribution in [0, 0.1) is 0 Å². The summed E-state index contributed by atoms with van der Waals surface area (Å²) in [6.45, 7) is 0. The Bertz CT molecular complexity index is 126. The van der Waals surface area contributed by atoms with E-state index in [1.807, 2.05) is 0 Å². The fraction of sp³-hybridized carbons (Fsp3) is 0. The molecule has 0 bridgehead atoms. The van der Waals surface area contributed by atoms with Crippen LogP contribution in [-0.2, 0) is 0 Å². The van der Waals surface area contributed by atoms with Crippen molar-refractivity contribution in [2.45, 2.75) is 0 Å². The molecule has 1 fully saturated rings. The first-order valence-electron chi connectivity index (χ1n) is 3.86. The van der Waals surface area contributed by atoms with Gasteiger partial charge in [-0.3, -0.25) is 0 Å². The van der Waals surface area contributed by atoms with E-state index < -0.39 is 50.0 Å². The van der Waals surface area contributed by atoms with Crippen molar-refractivity contribution in [1.29, 1.82) is 0 Å². The molecule has 0 radical (unpaired) electrons. The molecule has 0 N–H and O–H groups in total. The van der Waals surface area contributed by atoms with Gasteiger partial charge in [0.05, 0.1) is 0 Å². The predicted octanol–water partition coefficient (Wildman–Crippen LogP) is 0.287. The average Bonchev–Trinajstić information content (AvgIpc) is 2.23. The van der Waals surface area contributed by atoms with Crippen LogP contribution in [0.3, 0.4) is 0 Å². The molecule has 0 aliphatic carbocycles. The molecule has 84 valence electrons. The lowest BCUT2D eigenvalue weighted by atomic mass is 26.2. The molecular formula is H7Cl7Si7. The summed E-state index contributed by atoms with van der Waals surface area (Å²) in [6.07, 6.45) is 0. The van der Waals surface area contributed by atoms with Gasteiger partial charge in [-0.05, 0) is 0 Å². The monoisotopic (exact) mass is 448 g/mol. The summed E-state index contributed by atoms with van der Waals surface area (Å²) >= 11 is 44.6. The van der Waals surface area contributed by atoms with Gasteiger partial charge in [0, 0.05) is 0 Å². The molecule has 0 unspecified atom stereocenters. The smallest absolute Gasteiger partial charge is 0.149 e. The molecule has 1 aliphatic heterocycles. The van der Waals surface area contributed by atoms with E-state index in [9.17, 15) is 0 Å². The van der Waals surface area contributed by atoms with Crippen molar-refractivity contribution in [3.63, 3.8) is 0 Å². The molecule has 0 atom stereocenters. The van der Waals surface area contributed by atoms with Gasteiger partial charge in [0.2, 0.25) is 0 Å². The molecule has 0 aromatic rings. The lowest BCUT2D eigenvalue weighted by molar-refractivity contribution is 3.52. The molecule has 0 saturated carbocycles. The number of hydrogen-bond acceptors (Lipinski definition) is 0. The van der Waals surface area contributed by atoms with Gasteiger partial charge in [0.1, 0.15) is 50.0 Å². The molecule has 1 rings (SSSR count). The van der Waals surface area contributed by atoms with E-state index in [2.05, 4.69) is 0 Å². The normalized spacial score (nSPS) is 55.5. The van der Waals surface area contributed by atoms with Gasteiger partial charge in [-0.2, -0.15) is 77.6 Å². The first-order valence-corrected chi connectivity index (χ1v) is 34.7. The van der Waals surface area contributed by atoms with Gasteiger partial charge >= 0.3 is 0 Å².